The molecule has 1 amide bonds. The van der Waals surface area contributed by atoms with Crippen molar-refractivity contribution < 1.29 is 22.7 Å². The van der Waals surface area contributed by atoms with Gasteiger partial charge >= 0.3 is 0 Å². The SMILES string of the molecule is COCCN(CC(F)F)C(=O)c1oc2ccccc2c1CSc1ncccn1. The number of fused-ring (bicyclic) bond motifs is 1. The van der Waals surface area contributed by atoms with Crippen LogP contribution in [0.4, 0.5) is 8.78 Å². The van der Waals surface area contributed by atoms with Crippen molar-refractivity contribution in [3.05, 3.63) is 54.0 Å². The molecule has 0 aliphatic heterocycles. The standard InChI is InChI=1S/C19H19F2N3O3S/c1-26-10-9-24(11-16(20)21)18(25)17-14(12-28-19-22-7-4-8-23-19)13-5-2-3-6-15(13)27-17/h2-8,16H,9-12H2,1H3. The van der Waals surface area contributed by atoms with Gasteiger partial charge in [-0.05, 0) is 12.1 Å². The number of rotatable bonds is 9. The first-order valence-corrected chi connectivity index (χ1v) is 9.55. The molecule has 0 atom stereocenters. The molecular formula is C19H19F2N3O3S. The minimum Gasteiger partial charge on any atom is -0.451 e. The average Bonchev–Trinajstić information content (AvgIpc) is 3.08. The fraction of sp³-hybridized carbons (Fsp3) is 0.316. The van der Waals surface area contributed by atoms with E-state index >= 15 is 0 Å². The number of nitrogens with zero attached hydrogens (tertiary/aromatic N) is 3. The number of thioether (sulfide) groups is 1. The summed E-state index contributed by atoms with van der Waals surface area (Å²) in [7, 11) is 1.45. The number of furan rings is 1. The van der Waals surface area contributed by atoms with E-state index in [1.165, 1.54) is 18.9 Å². The summed E-state index contributed by atoms with van der Waals surface area (Å²) in [6.07, 6.45) is 0.606. The molecule has 0 aliphatic rings. The molecule has 3 rings (SSSR count). The summed E-state index contributed by atoms with van der Waals surface area (Å²) in [6, 6.07) is 8.92. The Balaban J connectivity index is 1.93. The third-order valence-corrected chi connectivity index (χ3v) is 4.89. The van der Waals surface area contributed by atoms with Gasteiger partial charge in [0, 0.05) is 42.8 Å². The molecule has 2 heterocycles. The summed E-state index contributed by atoms with van der Waals surface area (Å²) in [5.41, 5.74) is 1.16. The van der Waals surface area contributed by atoms with Crippen molar-refractivity contribution in [1.82, 2.24) is 14.9 Å². The monoisotopic (exact) mass is 407 g/mol. The third kappa shape index (κ3) is 4.85. The van der Waals surface area contributed by atoms with E-state index in [9.17, 15) is 13.6 Å². The van der Waals surface area contributed by atoms with Gasteiger partial charge in [0.2, 0.25) is 0 Å². The lowest BCUT2D eigenvalue weighted by Crippen LogP contribution is -2.37. The Morgan fingerprint density at radius 1 is 1.25 bits per heavy atom. The Kier molecular flexibility index (Phi) is 6.94. The van der Waals surface area contributed by atoms with Crippen LogP contribution in [0.5, 0.6) is 0 Å². The lowest BCUT2D eigenvalue weighted by atomic mass is 10.1. The number of carbonyl (C=O) groups excluding carboxylic acids is 1. The van der Waals surface area contributed by atoms with Gasteiger partial charge in [-0.25, -0.2) is 18.7 Å². The van der Waals surface area contributed by atoms with Crippen LogP contribution >= 0.6 is 11.8 Å². The molecule has 0 bridgehead atoms. The number of hydrogen-bond acceptors (Lipinski definition) is 6. The van der Waals surface area contributed by atoms with E-state index in [4.69, 9.17) is 9.15 Å². The van der Waals surface area contributed by atoms with E-state index in [0.717, 1.165) is 10.3 Å². The van der Waals surface area contributed by atoms with E-state index < -0.39 is 18.9 Å². The summed E-state index contributed by atoms with van der Waals surface area (Å²) >= 11 is 1.34. The zero-order chi connectivity index (χ0) is 19.9. The molecule has 0 N–H and O–H groups in total. The minimum atomic E-state index is -2.65. The molecule has 0 saturated heterocycles. The highest BCUT2D eigenvalue weighted by atomic mass is 32.2. The van der Waals surface area contributed by atoms with Crippen molar-refractivity contribution >= 4 is 28.6 Å². The Hall–Kier alpha value is -2.52. The summed E-state index contributed by atoms with van der Waals surface area (Å²) in [5, 5.41) is 1.31. The molecule has 0 fully saturated rings. The number of amides is 1. The smallest absolute Gasteiger partial charge is 0.290 e. The molecule has 0 radical (unpaired) electrons. The second-order valence-electron chi connectivity index (χ2n) is 5.86. The molecule has 0 aliphatic carbocycles. The fourth-order valence-electron chi connectivity index (χ4n) is 2.70. The number of ether oxygens (including phenoxy) is 1. The lowest BCUT2D eigenvalue weighted by Gasteiger charge is -2.21. The minimum absolute atomic E-state index is 0.0467. The van der Waals surface area contributed by atoms with Crippen LogP contribution in [0.2, 0.25) is 0 Å². The highest BCUT2D eigenvalue weighted by Gasteiger charge is 2.27. The number of carbonyl (C=O) groups is 1. The van der Waals surface area contributed by atoms with Crippen LogP contribution in [0, 0.1) is 0 Å². The van der Waals surface area contributed by atoms with Crippen LogP contribution in [-0.4, -0.2) is 54.0 Å². The van der Waals surface area contributed by atoms with E-state index in [1.54, 1.807) is 30.6 Å². The number of methoxy groups -OCH3 is 1. The van der Waals surface area contributed by atoms with Gasteiger partial charge in [0.1, 0.15) is 5.58 Å². The van der Waals surface area contributed by atoms with Crippen molar-refractivity contribution in [3.63, 3.8) is 0 Å². The first-order chi connectivity index (χ1) is 13.6. The molecule has 6 nitrogen and oxygen atoms in total. The van der Waals surface area contributed by atoms with Crippen LogP contribution in [0.3, 0.4) is 0 Å². The van der Waals surface area contributed by atoms with Crippen molar-refractivity contribution in [3.8, 4) is 0 Å². The number of aromatic nitrogens is 2. The number of benzene rings is 1. The molecule has 0 spiro atoms. The van der Waals surface area contributed by atoms with Gasteiger partial charge in [0.05, 0.1) is 13.2 Å². The van der Waals surface area contributed by atoms with Gasteiger partial charge in [0.15, 0.2) is 10.9 Å². The van der Waals surface area contributed by atoms with E-state index in [2.05, 4.69) is 9.97 Å². The molecule has 0 saturated carbocycles. The molecule has 2 aromatic heterocycles. The van der Waals surface area contributed by atoms with Gasteiger partial charge in [0.25, 0.3) is 12.3 Å². The molecule has 3 aromatic rings. The summed E-state index contributed by atoms with van der Waals surface area (Å²) < 4.78 is 36.7. The zero-order valence-corrected chi connectivity index (χ0v) is 16.0. The maximum absolute atomic E-state index is 13.0. The van der Waals surface area contributed by atoms with E-state index in [1.807, 2.05) is 12.1 Å². The van der Waals surface area contributed by atoms with Crippen molar-refractivity contribution in [2.24, 2.45) is 0 Å². The highest BCUT2D eigenvalue weighted by molar-refractivity contribution is 7.98. The van der Waals surface area contributed by atoms with Gasteiger partial charge in [-0.2, -0.15) is 0 Å². The predicted octanol–water partition coefficient (Wildman–Crippen LogP) is 3.87. The molecule has 0 unspecified atom stereocenters. The molecule has 9 heteroatoms. The van der Waals surface area contributed by atoms with Crippen LogP contribution in [0.25, 0.3) is 11.0 Å². The summed E-state index contributed by atoms with van der Waals surface area (Å²) in [4.78, 5) is 22.4. The van der Waals surface area contributed by atoms with E-state index in [-0.39, 0.29) is 18.9 Å². The Bertz CT molecular complexity index is 921. The normalized spacial score (nSPS) is 11.3. The Morgan fingerprint density at radius 2 is 2.00 bits per heavy atom. The summed E-state index contributed by atoms with van der Waals surface area (Å²) in [5.74, 6) is -0.158. The molecule has 148 valence electrons. The van der Waals surface area contributed by atoms with Crippen LogP contribution in [0.15, 0.2) is 52.3 Å². The first-order valence-electron chi connectivity index (χ1n) is 8.56. The lowest BCUT2D eigenvalue weighted by molar-refractivity contribution is 0.0454. The number of halogens is 2. The van der Waals surface area contributed by atoms with Crippen molar-refractivity contribution in [2.45, 2.75) is 17.3 Å². The molecule has 1 aromatic carbocycles. The average molecular weight is 407 g/mol. The maximum Gasteiger partial charge on any atom is 0.290 e. The fourth-order valence-corrected chi connectivity index (χ4v) is 3.53. The van der Waals surface area contributed by atoms with Gasteiger partial charge < -0.3 is 14.1 Å². The highest BCUT2D eigenvalue weighted by Crippen LogP contribution is 2.31. The Labute approximate surface area is 164 Å². The van der Waals surface area contributed by atoms with Crippen molar-refractivity contribution in [2.75, 3.05) is 26.8 Å². The van der Waals surface area contributed by atoms with Crippen LogP contribution in [0.1, 0.15) is 16.1 Å². The largest absolute Gasteiger partial charge is 0.451 e. The van der Waals surface area contributed by atoms with E-state index in [0.29, 0.717) is 22.1 Å². The zero-order valence-electron chi connectivity index (χ0n) is 15.2. The van der Waals surface area contributed by atoms with Gasteiger partial charge in [-0.1, -0.05) is 30.0 Å². The number of alkyl halides is 2. The summed E-state index contributed by atoms with van der Waals surface area (Å²) in [6.45, 7) is -0.487. The number of hydrogen-bond donors (Lipinski definition) is 0. The predicted molar refractivity (Wildman–Crippen MR) is 102 cm³/mol. The molecular weight excluding hydrogens is 388 g/mol. The Morgan fingerprint density at radius 3 is 2.71 bits per heavy atom. The molecule has 28 heavy (non-hydrogen) atoms. The quantitative estimate of drug-likeness (QED) is 0.396. The first kappa shape index (κ1) is 20.2. The number of para-hydroxylation sites is 1. The van der Waals surface area contributed by atoms with Crippen LogP contribution < -0.4 is 0 Å². The van der Waals surface area contributed by atoms with Gasteiger partial charge in [-0.3, -0.25) is 4.79 Å². The second kappa shape index (κ2) is 9.61. The van der Waals surface area contributed by atoms with Crippen LogP contribution in [-0.2, 0) is 10.5 Å². The second-order valence-corrected chi connectivity index (χ2v) is 6.80. The van der Waals surface area contributed by atoms with Gasteiger partial charge in [-0.15, -0.1) is 0 Å². The topological polar surface area (TPSA) is 68.5 Å². The third-order valence-electron chi connectivity index (χ3n) is 3.99. The van der Waals surface area contributed by atoms with Crippen molar-refractivity contribution in [1.29, 1.82) is 0 Å². The maximum atomic E-state index is 13.0.